The number of likely N-dealkylation sites (N-methyl/N-ethyl adjacent to an activating group) is 1. The second-order valence-electron chi connectivity index (χ2n) is 8.05. The predicted octanol–water partition coefficient (Wildman–Crippen LogP) is 2.15. The van der Waals surface area contributed by atoms with Crippen LogP contribution < -0.4 is 9.64 Å². The maximum atomic E-state index is 13.2. The Morgan fingerprint density at radius 3 is 2.54 bits per heavy atom. The van der Waals surface area contributed by atoms with Gasteiger partial charge in [0.1, 0.15) is 10.6 Å². The Balaban J connectivity index is 1.67. The molecule has 4 rings (SSSR count). The molecule has 2 fully saturated rings. The molecule has 3 aliphatic rings. The van der Waals surface area contributed by atoms with Crippen LogP contribution in [0.15, 0.2) is 23.1 Å². The molecular weight excluding hydrogens is 350 g/mol. The van der Waals surface area contributed by atoms with E-state index < -0.39 is 10.0 Å². The average Bonchev–Trinajstić information content (AvgIpc) is 3.27. The Morgan fingerprint density at radius 2 is 1.88 bits per heavy atom. The Hall–Kier alpha value is -1.31. The molecule has 1 saturated heterocycles. The number of hydrogen-bond donors (Lipinski definition) is 0. The largest absolute Gasteiger partial charge is 0.489 e. The number of hydrogen-bond acceptors (Lipinski definition) is 5. The van der Waals surface area contributed by atoms with Crippen molar-refractivity contribution in [3.05, 3.63) is 18.2 Å². The minimum absolute atomic E-state index is 0.00820. The maximum Gasteiger partial charge on any atom is 0.247 e. The number of sulfonamides is 1. The summed E-state index contributed by atoms with van der Waals surface area (Å²) in [5, 5.41) is 0. The van der Waals surface area contributed by atoms with Crippen LogP contribution in [-0.2, 0) is 10.0 Å². The standard InChI is InChI=1S/C19H29N3O3S/c1-14-8-11-22(15-4-5-15)26(23,24)19-7-6-16(12-18(19)25-14)21-10-9-17(13-21)20(2)3/h6-7,12,14-15,17H,4-5,8-11,13H2,1-3H3/t14-,17-/m1/s1. The third-order valence-electron chi connectivity index (χ3n) is 5.81. The molecule has 1 saturated carbocycles. The van der Waals surface area contributed by atoms with Crippen LogP contribution in [0.4, 0.5) is 5.69 Å². The van der Waals surface area contributed by atoms with Gasteiger partial charge in [0.25, 0.3) is 0 Å². The van der Waals surface area contributed by atoms with Crippen molar-refractivity contribution >= 4 is 15.7 Å². The average molecular weight is 380 g/mol. The van der Waals surface area contributed by atoms with Gasteiger partial charge in [0.15, 0.2) is 0 Å². The highest BCUT2D eigenvalue weighted by Gasteiger charge is 2.40. The van der Waals surface area contributed by atoms with Gasteiger partial charge in [-0.2, -0.15) is 4.31 Å². The molecule has 2 aliphatic heterocycles. The van der Waals surface area contributed by atoms with Gasteiger partial charge in [-0.25, -0.2) is 8.42 Å². The molecule has 0 aromatic heterocycles. The molecule has 144 valence electrons. The zero-order valence-electron chi connectivity index (χ0n) is 15.9. The lowest BCUT2D eigenvalue weighted by atomic mass is 10.2. The van der Waals surface area contributed by atoms with Crippen molar-refractivity contribution in [1.82, 2.24) is 9.21 Å². The van der Waals surface area contributed by atoms with E-state index in [1.165, 1.54) is 0 Å². The summed E-state index contributed by atoms with van der Waals surface area (Å²) >= 11 is 0. The van der Waals surface area contributed by atoms with Gasteiger partial charge < -0.3 is 14.5 Å². The molecule has 1 aromatic rings. The summed E-state index contributed by atoms with van der Waals surface area (Å²) in [6, 6.07) is 6.33. The zero-order chi connectivity index (χ0) is 18.5. The highest BCUT2D eigenvalue weighted by molar-refractivity contribution is 7.89. The summed E-state index contributed by atoms with van der Waals surface area (Å²) < 4.78 is 34.1. The quantitative estimate of drug-likeness (QED) is 0.806. The van der Waals surface area contributed by atoms with Crippen molar-refractivity contribution in [3.8, 4) is 5.75 Å². The SMILES string of the molecule is C[C@@H]1CCN(C2CC2)S(=O)(=O)c2ccc(N3CC[C@@H](N(C)C)C3)cc2O1. The highest BCUT2D eigenvalue weighted by Crippen LogP contribution is 2.39. The van der Waals surface area contributed by atoms with Crippen LogP contribution in [0.2, 0.25) is 0 Å². The minimum Gasteiger partial charge on any atom is -0.489 e. The number of ether oxygens (including phenoxy) is 1. The smallest absolute Gasteiger partial charge is 0.247 e. The fourth-order valence-electron chi connectivity index (χ4n) is 3.97. The molecule has 6 nitrogen and oxygen atoms in total. The maximum absolute atomic E-state index is 13.2. The lowest BCUT2D eigenvalue weighted by molar-refractivity contribution is 0.186. The fraction of sp³-hybridized carbons (Fsp3) is 0.684. The Morgan fingerprint density at radius 1 is 1.12 bits per heavy atom. The predicted molar refractivity (Wildman–Crippen MR) is 102 cm³/mol. The number of fused-ring (bicyclic) bond motifs is 1. The van der Waals surface area contributed by atoms with E-state index in [4.69, 9.17) is 4.74 Å². The summed E-state index contributed by atoms with van der Waals surface area (Å²) in [5.41, 5.74) is 1.05. The highest BCUT2D eigenvalue weighted by atomic mass is 32.2. The van der Waals surface area contributed by atoms with Crippen LogP contribution in [0.5, 0.6) is 5.75 Å². The van der Waals surface area contributed by atoms with Crippen LogP contribution in [0.1, 0.15) is 32.6 Å². The molecule has 0 unspecified atom stereocenters. The number of anilines is 1. The van der Waals surface area contributed by atoms with E-state index in [9.17, 15) is 8.42 Å². The van der Waals surface area contributed by atoms with E-state index in [1.54, 1.807) is 10.4 Å². The number of nitrogens with zero attached hydrogens (tertiary/aromatic N) is 3. The van der Waals surface area contributed by atoms with E-state index >= 15 is 0 Å². The summed E-state index contributed by atoms with van der Waals surface area (Å²) in [5.74, 6) is 0.508. The van der Waals surface area contributed by atoms with Crippen LogP contribution in [0.3, 0.4) is 0 Å². The normalized spacial score (nSPS) is 29.2. The van der Waals surface area contributed by atoms with Gasteiger partial charge in [-0.15, -0.1) is 0 Å². The Bertz CT molecular complexity index is 776. The molecule has 0 N–H and O–H groups in total. The summed E-state index contributed by atoms with van der Waals surface area (Å²) in [4.78, 5) is 4.90. The lowest BCUT2D eigenvalue weighted by Gasteiger charge is -2.30. The van der Waals surface area contributed by atoms with E-state index in [-0.39, 0.29) is 12.1 Å². The molecule has 26 heavy (non-hydrogen) atoms. The van der Waals surface area contributed by atoms with E-state index in [1.807, 2.05) is 19.1 Å². The van der Waals surface area contributed by atoms with E-state index in [0.717, 1.165) is 44.5 Å². The second kappa shape index (κ2) is 6.69. The van der Waals surface area contributed by atoms with Crippen molar-refractivity contribution < 1.29 is 13.2 Å². The molecule has 7 heteroatoms. The van der Waals surface area contributed by atoms with Crippen LogP contribution in [0, 0.1) is 0 Å². The third-order valence-corrected chi connectivity index (χ3v) is 7.80. The Labute approximate surface area is 156 Å². The van der Waals surface area contributed by atoms with Crippen molar-refractivity contribution in [2.45, 2.75) is 55.7 Å². The van der Waals surface area contributed by atoms with Crippen LogP contribution in [-0.4, -0.2) is 69.5 Å². The molecule has 0 amide bonds. The number of rotatable bonds is 3. The molecule has 0 bridgehead atoms. The third kappa shape index (κ3) is 3.32. The first kappa shape index (κ1) is 18.1. The molecular formula is C19H29N3O3S. The first-order valence-corrected chi connectivity index (χ1v) is 11.0. The monoisotopic (exact) mass is 379 g/mol. The van der Waals surface area contributed by atoms with Crippen LogP contribution >= 0.6 is 0 Å². The number of benzene rings is 1. The topological polar surface area (TPSA) is 53.1 Å². The molecule has 2 heterocycles. The van der Waals surface area contributed by atoms with Gasteiger partial charge in [0, 0.05) is 43.5 Å². The summed E-state index contributed by atoms with van der Waals surface area (Å²) in [7, 11) is 0.734. The van der Waals surface area contributed by atoms with Gasteiger partial charge in [0.2, 0.25) is 10.0 Å². The second-order valence-corrected chi connectivity index (χ2v) is 9.91. The zero-order valence-corrected chi connectivity index (χ0v) is 16.7. The Kier molecular flexibility index (Phi) is 4.65. The lowest BCUT2D eigenvalue weighted by Crippen LogP contribution is -2.38. The molecule has 0 radical (unpaired) electrons. The van der Waals surface area contributed by atoms with Crippen LogP contribution in [0.25, 0.3) is 0 Å². The first-order valence-electron chi connectivity index (χ1n) is 9.60. The summed E-state index contributed by atoms with van der Waals surface area (Å²) in [6.45, 7) is 4.52. The first-order chi connectivity index (χ1) is 12.4. The van der Waals surface area contributed by atoms with E-state index in [2.05, 4.69) is 23.9 Å². The van der Waals surface area contributed by atoms with E-state index in [0.29, 0.717) is 23.2 Å². The van der Waals surface area contributed by atoms with Gasteiger partial charge in [-0.1, -0.05) is 0 Å². The fourth-order valence-corrected chi connectivity index (χ4v) is 5.77. The molecule has 1 aliphatic carbocycles. The van der Waals surface area contributed by atoms with Gasteiger partial charge in [-0.05, 0) is 58.8 Å². The van der Waals surface area contributed by atoms with Gasteiger partial charge >= 0.3 is 0 Å². The molecule has 0 spiro atoms. The molecule has 1 aromatic carbocycles. The van der Waals surface area contributed by atoms with Crippen molar-refractivity contribution in [1.29, 1.82) is 0 Å². The van der Waals surface area contributed by atoms with Crippen molar-refractivity contribution in [3.63, 3.8) is 0 Å². The minimum atomic E-state index is -3.49. The molecule has 2 atom stereocenters. The van der Waals surface area contributed by atoms with Crippen molar-refractivity contribution in [2.75, 3.05) is 38.6 Å². The summed E-state index contributed by atoms with van der Waals surface area (Å²) in [6.07, 6.45) is 3.80. The van der Waals surface area contributed by atoms with Gasteiger partial charge in [0.05, 0.1) is 6.10 Å². The van der Waals surface area contributed by atoms with Crippen molar-refractivity contribution in [2.24, 2.45) is 0 Å². The van der Waals surface area contributed by atoms with Gasteiger partial charge in [-0.3, -0.25) is 0 Å².